The van der Waals surface area contributed by atoms with E-state index in [4.69, 9.17) is 11.6 Å². The maximum absolute atomic E-state index is 11.3. The number of carbonyl (C=O) groups is 1. The molecule has 0 fully saturated rings. The molecule has 180 valence electrons. The number of aliphatic carboxylic acids is 1. The van der Waals surface area contributed by atoms with E-state index in [1.54, 1.807) is 24.9 Å². The smallest absolute Gasteiger partial charge is 0.304 e. The van der Waals surface area contributed by atoms with Crippen molar-refractivity contribution in [2.75, 3.05) is 14.1 Å². The van der Waals surface area contributed by atoms with E-state index < -0.39 is 5.97 Å². The summed E-state index contributed by atoms with van der Waals surface area (Å²) in [5.74, 6) is 1.66. The van der Waals surface area contributed by atoms with Crippen LogP contribution in [0, 0.1) is 12.3 Å². The highest BCUT2D eigenvalue weighted by Crippen LogP contribution is 2.43. The van der Waals surface area contributed by atoms with Crippen LogP contribution in [-0.2, 0) is 17.8 Å². The molecule has 2 unspecified atom stereocenters. The van der Waals surface area contributed by atoms with Gasteiger partial charge >= 0.3 is 5.97 Å². The molecule has 4 nitrogen and oxygen atoms in total. The van der Waals surface area contributed by atoms with Gasteiger partial charge in [-0.15, -0.1) is 30.5 Å². The van der Waals surface area contributed by atoms with Crippen LogP contribution in [0.5, 0.6) is 0 Å². The summed E-state index contributed by atoms with van der Waals surface area (Å²) in [6, 6.07) is 6.62. The number of alkyl halides is 1. The number of aromatic nitrogens is 1. The van der Waals surface area contributed by atoms with Gasteiger partial charge in [0.05, 0.1) is 6.42 Å². The number of aryl methyl sites for hydroxylation is 1. The van der Waals surface area contributed by atoms with E-state index in [-0.39, 0.29) is 17.7 Å². The Balaban J connectivity index is 0.000000591. The van der Waals surface area contributed by atoms with Crippen LogP contribution in [0.15, 0.2) is 47.4 Å². The van der Waals surface area contributed by atoms with E-state index in [9.17, 15) is 9.90 Å². The molecule has 1 N–H and O–H groups in total. The maximum atomic E-state index is 11.3. The lowest BCUT2D eigenvalue weighted by atomic mass is 10.0. The van der Waals surface area contributed by atoms with Crippen LogP contribution >= 0.6 is 23.5 Å². The van der Waals surface area contributed by atoms with Crippen molar-refractivity contribution in [1.29, 1.82) is 0 Å². The molecule has 0 radical (unpaired) electrons. The fourth-order valence-corrected chi connectivity index (χ4v) is 4.52. The molecule has 1 heterocycles. The Morgan fingerprint density at radius 2 is 2.09 bits per heavy atom. The van der Waals surface area contributed by atoms with E-state index in [0.717, 1.165) is 19.4 Å². The van der Waals surface area contributed by atoms with Gasteiger partial charge < -0.3 is 9.67 Å². The lowest BCUT2D eigenvalue weighted by molar-refractivity contribution is -0.137. The Labute approximate surface area is 208 Å². The second-order valence-corrected chi connectivity index (χ2v) is 10.3. The Hall–Kier alpha value is -2.13. The third-order valence-corrected chi connectivity index (χ3v) is 6.26. The molecule has 0 saturated carbocycles. The second kappa shape index (κ2) is 14.2. The zero-order valence-corrected chi connectivity index (χ0v) is 22.3. The predicted molar refractivity (Wildman–Crippen MR) is 144 cm³/mol. The number of halogens is 1. The molecule has 1 aromatic heterocycles. The molecule has 6 heteroatoms. The van der Waals surface area contributed by atoms with Crippen molar-refractivity contribution in [1.82, 2.24) is 8.87 Å². The number of benzene rings is 1. The molecule has 2 atom stereocenters. The molecule has 0 spiro atoms. The van der Waals surface area contributed by atoms with Gasteiger partial charge in [-0.1, -0.05) is 17.7 Å². The van der Waals surface area contributed by atoms with Crippen LogP contribution < -0.4 is 0 Å². The lowest BCUT2D eigenvalue weighted by Gasteiger charge is -2.16. The fourth-order valence-electron chi connectivity index (χ4n) is 3.80. The number of terminal acetylenes is 1. The van der Waals surface area contributed by atoms with Gasteiger partial charge in [-0.2, -0.15) is 0 Å². The Morgan fingerprint density at radius 3 is 2.58 bits per heavy atom. The molecular weight excluding hydrogens is 452 g/mol. The highest BCUT2D eigenvalue weighted by molar-refractivity contribution is 7.97. The van der Waals surface area contributed by atoms with Gasteiger partial charge in [0.15, 0.2) is 0 Å². The second-order valence-electron chi connectivity index (χ2n) is 8.20. The Morgan fingerprint density at radius 1 is 1.48 bits per heavy atom. The number of rotatable bonds is 7. The first kappa shape index (κ1) is 28.9. The fraction of sp³-hybridized carbons (Fsp3) is 0.444. The van der Waals surface area contributed by atoms with Crippen molar-refractivity contribution in [3.05, 3.63) is 53.8 Å². The average Bonchev–Trinajstić information content (AvgIpc) is 3.27. The largest absolute Gasteiger partial charge is 0.481 e. The average molecular weight is 489 g/mol. The van der Waals surface area contributed by atoms with Crippen molar-refractivity contribution in [2.24, 2.45) is 0 Å². The molecule has 1 aromatic carbocycles. The minimum Gasteiger partial charge on any atom is -0.481 e. The number of nitrogens with zero attached hydrogens (tertiary/aromatic N) is 2. The van der Waals surface area contributed by atoms with Gasteiger partial charge in [0, 0.05) is 39.3 Å². The molecule has 33 heavy (non-hydrogen) atoms. The van der Waals surface area contributed by atoms with Gasteiger partial charge in [0.25, 0.3) is 0 Å². The summed E-state index contributed by atoms with van der Waals surface area (Å²) in [7, 11) is 4.09. The van der Waals surface area contributed by atoms with Crippen LogP contribution in [0.1, 0.15) is 57.7 Å². The summed E-state index contributed by atoms with van der Waals surface area (Å²) in [4.78, 5) is 12.5. The number of allylic oxidation sites excluding steroid dienone is 3. The van der Waals surface area contributed by atoms with Crippen LogP contribution in [-0.4, -0.2) is 39.4 Å². The summed E-state index contributed by atoms with van der Waals surface area (Å²) in [5.41, 5.74) is 5.12. The minimum absolute atomic E-state index is 0.120. The lowest BCUT2D eigenvalue weighted by Crippen LogP contribution is -2.10. The van der Waals surface area contributed by atoms with Crippen LogP contribution in [0.25, 0.3) is 10.9 Å². The zero-order chi connectivity index (χ0) is 25.1. The molecule has 0 aliphatic heterocycles. The SMILES string of the molecule is C#CC.C/C=C(\C)Cn1c2c(c3cc(SN(C)C)ccc31)CCC2CC(=O)O.C=CC(C)Cl. The van der Waals surface area contributed by atoms with Gasteiger partial charge in [0.1, 0.15) is 0 Å². The van der Waals surface area contributed by atoms with Crippen molar-refractivity contribution >= 4 is 40.4 Å². The summed E-state index contributed by atoms with van der Waals surface area (Å²) in [6.07, 6.45) is 10.5. The number of fused-ring (bicyclic) bond motifs is 3. The third kappa shape index (κ3) is 8.62. The first-order valence-electron chi connectivity index (χ1n) is 11.1. The van der Waals surface area contributed by atoms with Crippen molar-refractivity contribution in [3.8, 4) is 12.3 Å². The molecule has 1 aliphatic rings. The molecule has 0 bridgehead atoms. The van der Waals surface area contributed by atoms with E-state index in [1.807, 2.05) is 21.0 Å². The minimum atomic E-state index is -0.707. The van der Waals surface area contributed by atoms with Gasteiger partial charge in [-0.25, -0.2) is 0 Å². The van der Waals surface area contributed by atoms with Crippen molar-refractivity contribution in [3.63, 3.8) is 0 Å². The number of carboxylic acids is 1. The highest BCUT2D eigenvalue weighted by atomic mass is 35.5. The van der Waals surface area contributed by atoms with Gasteiger partial charge in [0.2, 0.25) is 0 Å². The van der Waals surface area contributed by atoms with Gasteiger partial charge in [-0.3, -0.25) is 9.10 Å². The van der Waals surface area contributed by atoms with Crippen LogP contribution in [0.3, 0.4) is 0 Å². The van der Waals surface area contributed by atoms with Crippen molar-refractivity contribution in [2.45, 2.75) is 69.7 Å². The standard InChI is InChI=1S/C20H26N2O2S.C4H7Cl.C3H4/c1-5-13(2)12-22-18-9-7-15(25-21(3)4)11-17(18)16-8-6-14(20(16)22)10-19(23)24;1-3-4(2)5;1-3-2/h5,7,9,11,14H,6,8,10,12H2,1-4H3,(H,23,24);3-4H,1H2,2H3;1H,2H3/b13-5+;;. The normalized spacial score (nSPS) is 15.6. The molecule has 1 aliphatic carbocycles. The summed E-state index contributed by atoms with van der Waals surface area (Å²) >= 11 is 7.06. The molecule has 2 aromatic rings. The van der Waals surface area contributed by atoms with E-state index in [1.165, 1.54) is 32.6 Å². The highest BCUT2D eigenvalue weighted by Gasteiger charge is 2.31. The number of hydrogen-bond acceptors (Lipinski definition) is 3. The monoisotopic (exact) mass is 488 g/mol. The Kier molecular flexibility index (Phi) is 12.4. The summed E-state index contributed by atoms with van der Waals surface area (Å²) in [6.45, 7) is 12.0. The Bertz CT molecular complexity index is 1020. The van der Waals surface area contributed by atoms with Gasteiger partial charge in [-0.05, 0) is 90.3 Å². The number of hydrogen-bond donors (Lipinski definition) is 1. The third-order valence-electron chi connectivity index (χ3n) is 5.25. The first-order chi connectivity index (χ1) is 15.6. The molecular formula is C27H37ClN2O2S. The topological polar surface area (TPSA) is 45.5 Å². The molecule has 0 saturated heterocycles. The van der Waals surface area contributed by atoms with E-state index in [2.05, 4.69) is 65.9 Å². The summed E-state index contributed by atoms with van der Waals surface area (Å²) < 4.78 is 4.44. The quantitative estimate of drug-likeness (QED) is 0.195. The van der Waals surface area contributed by atoms with E-state index in [0.29, 0.717) is 0 Å². The van der Waals surface area contributed by atoms with Crippen LogP contribution in [0.4, 0.5) is 0 Å². The van der Waals surface area contributed by atoms with E-state index >= 15 is 0 Å². The first-order valence-corrected chi connectivity index (χ1v) is 12.3. The number of carboxylic acid groups (broad SMARTS) is 1. The van der Waals surface area contributed by atoms with Crippen molar-refractivity contribution < 1.29 is 9.90 Å². The predicted octanol–water partition coefficient (Wildman–Crippen LogP) is 7.12. The van der Waals surface area contributed by atoms with Crippen LogP contribution in [0.2, 0.25) is 0 Å². The molecule has 0 amide bonds. The molecule has 3 rings (SSSR count). The zero-order valence-electron chi connectivity index (χ0n) is 20.7. The maximum Gasteiger partial charge on any atom is 0.304 e. The summed E-state index contributed by atoms with van der Waals surface area (Å²) in [5, 5.41) is 10.7.